The summed E-state index contributed by atoms with van der Waals surface area (Å²) >= 11 is 13.6. The lowest BCUT2D eigenvalue weighted by Gasteiger charge is -2.16. The highest BCUT2D eigenvalue weighted by molar-refractivity contribution is 7.20. The summed E-state index contributed by atoms with van der Waals surface area (Å²) in [6.07, 6.45) is 3.66. The van der Waals surface area contributed by atoms with Gasteiger partial charge in [0.15, 0.2) is 0 Å². The Hall–Kier alpha value is -1.29. The summed E-state index contributed by atoms with van der Waals surface area (Å²) in [4.78, 5) is 4.19. The van der Waals surface area contributed by atoms with Crippen molar-refractivity contribution in [1.82, 2.24) is 4.98 Å². The topological polar surface area (TPSA) is 24.9 Å². The molecule has 0 aliphatic rings. The molecule has 1 N–H and O–H groups in total. The van der Waals surface area contributed by atoms with Crippen molar-refractivity contribution in [1.29, 1.82) is 0 Å². The van der Waals surface area contributed by atoms with E-state index < -0.39 is 0 Å². The van der Waals surface area contributed by atoms with Gasteiger partial charge in [0.25, 0.3) is 0 Å². The van der Waals surface area contributed by atoms with Crippen LogP contribution in [0.15, 0.2) is 42.7 Å². The van der Waals surface area contributed by atoms with Crippen molar-refractivity contribution >= 4 is 51.0 Å². The molecule has 2 aromatic heterocycles. The van der Waals surface area contributed by atoms with Gasteiger partial charge in [-0.3, -0.25) is 4.98 Å². The van der Waals surface area contributed by atoms with E-state index in [9.17, 15) is 0 Å². The summed E-state index contributed by atoms with van der Waals surface area (Å²) in [5.41, 5.74) is 2.06. The molecule has 0 saturated heterocycles. The van der Waals surface area contributed by atoms with E-state index in [-0.39, 0.29) is 6.04 Å². The number of benzene rings is 1. The maximum atomic E-state index is 6.21. The molecule has 0 aliphatic carbocycles. The lowest BCUT2D eigenvalue weighted by Crippen LogP contribution is -2.06. The van der Waals surface area contributed by atoms with E-state index in [1.165, 1.54) is 11.3 Å². The predicted molar refractivity (Wildman–Crippen MR) is 88.1 cm³/mol. The lowest BCUT2D eigenvalue weighted by molar-refractivity contribution is 0.893. The van der Waals surface area contributed by atoms with Gasteiger partial charge >= 0.3 is 0 Å². The number of anilines is 1. The van der Waals surface area contributed by atoms with Crippen LogP contribution in [0, 0.1) is 0 Å². The maximum absolute atomic E-state index is 6.21. The third-order valence-corrected chi connectivity index (χ3v) is 4.72. The van der Waals surface area contributed by atoms with Gasteiger partial charge < -0.3 is 5.32 Å². The Morgan fingerprint density at radius 3 is 2.85 bits per heavy atom. The average Bonchev–Trinajstić information content (AvgIpc) is 2.78. The molecule has 0 amide bonds. The minimum Gasteiger partial charge on any atom is -0.378 e. The predicted octanol–water partition coefficient (Wildman–Crippen LogP) is 5.78. The number of nitrogens with one attached hydrogen (secondary N) is 1. The van der Waals surface area contributed by atoms with Crippen LogP contribution in [0.3, 0.4) is 0 Å². The van der Waals surface area contributed by atoms with Crippen LogP contribution < -0.4 is 5.32 Å². The van der Waals surface area contributed by atoms with Gasteiger partial charge in [-0.05, 0) is 30.5 Å². The van der Waals surface area contributed by atoms with E-state index in [4.69, 9.17) is 23.2 Å². The lowest BCUT2D eigenvalue weighted by atomic mass is 10.1. The van der Waals surface area contributed by atoms with Crippen molar-refractivity contribution in [2.75, 3.05) is 5.32 Å². The molecular formula is C15H12Cl2N2S. The zero-order valence-electron chi connectivity index (χ0n) is 10.7. The van der Waals surface area contributed by atoms with Crippen molar-refractivity contribution in [2.24, 2.45) is 0 Å². The fourth-order valence-electron chi connectivity index (χ4n) is 2.20. The SMILES string of the molecule is CC(Nc1cccc2ccncc12)c1cc(Cl)sc1Cl. The second kappa shape index (κ2) is 5.60. The van der Waals surface area contributed by atoms with E-state index in [0.29, 0.717) is 4.34 Å². The molecule has 0 radical (unpaired) electrons. The first-order chi connectivity index (χ1) is 9.65. The first-order valence-corrected chi connectivity index (χ1v) is 7.76. The Kier molecular flexibility index (Phi) is 3.83. The summed E-state index contributed by atoms with van der Waals surface area (Å²) in [5.74, 6) is 0. The van der Waals surface area contributed by atoms with Gasteiger partial charge in [-0.15, -0.1) is 11.3 Å². The van der Waals surface area contributed by atoms with E-state index in [2.05, 4.69) is 23.3 Å². The average molecular weight is 323 g/mol. The van der Waals surface area contributed by atoms with Crippen LogP contribution in [0.1, 0.15) is 18.5 Å². The van der Waals surface area contributed by atoms with Crippen LogP contribution in [0.5, 0.6) is 0 Å². The van der Waals surface area contributed by atoms with Crippen LogP contribution in [0.4, 0.5) is 5.69 Å². The number of rotatable bonds is 3. The smallest absolute Gasteiger partial charge is 0.0996 e. The summed E-state index contributed by atoms with van der Waals surface area (Å²) in [7, 11) is 0. The molecule has 102 valence electrons. The molecular weight excluding hydrogens is 311 g/mol. The van der Waals surface area contributed by atoms with E-state index in [1.54, 1.807) is 6.20 Å². The molecule has 0 saturated carbocycles. The molecule has 3 rings (SSSR count). The maximum Gasteiger partial charge on any atom is 0.0996 e. The molecule has 0 aliphatic heterocycles. The monoisotopic (exact) mass is 322 g/mol. The van der Waals surface area contributed by atoms with Crippen molar-refractivity contribution in [2.45, 2.75) is 13.0 Å². The highest BCUT2D eigenvalue weighted by Gasteiger charge is 2.14. The number of hydrogen-bond donors (Lipinski definition) is 1. The standard InChI is InChI=1S/C15H12Cl2N2S/c1-9(11-7-14(16)20-15(11)17)19-13-4-2-3-10-5-6-18-8-12(10)13/h2-9,19H,1H3. The molecule has 3 aromatic rings. The second-order valence-corrected chi connectivity index (χ2v) is 6.83. The van der Waals surface area contributed by atoms with Crippen LogP contribution in [-0.2, 0) is 0 Å². The summed E-state index contributed by atoms with van der Waals surface area (Å²) < 4.78 is 1.44. The fourth-order valence-corrected chi connectivity index (χ4v) is 3.84. The molecule has 0 spiro atoms. The molecule has 1 aromatic carbocycles. The third kappa shape index (κ3) is 2.62. The minimum atomic E-state index is 0.0806. The first kappa shape index (κ1) is 13.7. The number of thiophene rings is 1. The highest BCUT2D eigenvalue weighted by atomic mass is 35.5. The van der Waals surface area contributed by atoms with Gasteiger partial charge in [0.05, 0.1) is 14.7 Å². The largest absolute Gasteiger partial charge is 0.378 e. The number of nitrogens with zero attached hydrogens (tertiary/aromatic N) is 1. The Morgan fingerprint density at radius 2 is 2.10 bits per heavy atom. The molecule has 1 atom stereocenters. The van der Waals surface area contributed by atoms with Crippen molar-refractivity contribution < 1.29 is 0 Å². The van der Waals surface area contributed by atoms with Crippen molar-refractivity contribution in [3.05, 3.63) is 57.0 Å². The molecule has 2 heterocycles. The molecule has 20 heavy (non-hydrogen) atoms. The highest BCUT2D eigenvalue weighted by Crippen LogP contribution is 2.36. The molecule has 2 nitrogen and oxygen atoms in total. The molecule has 0 bridgehead atoms. The van der Waals surface area contributed by atoms with Crippen LogP contribution >= 0.6 is 34.5 Å². The van der Waals surface area contributed by atoms with Crippen molar-refractivity contribution in [3.8, 4) is 0 Å². The van der Waals surface area contributed by atoms with E-state index in [1.807, 2.05) is 30.5 Å². The second-order valence-electron chi connectivity index (χ2n) is 4.55. The van der Waals surface area contributed by atoms with Gasteiger partial charge in [-0.25, -0.2) is 0 Å². The molecule has 5 heteroatoms. The minimum absolute atomic E-state index is 0.0806. The van der Waals surface area contributed by atoms with Gasteiger partial charge in [0.2, 0.25) is 0 Å². The van der Waals surface area contributed by atoms with Crippen LogP contribution in [-0.4, -0.2) is 4.98 Å². The number of hydrogen-bond acceptors (Lipinski definition) is 3. The van der Waals surface area contributed by atoms with Crippen molar-refractivity contribution in [3.63, 3.8) is 0 Å². The third-order valence-electron chi connectivity index (χ3n) is 3.21. The first-order valence-electron chi connectivity index (χ1n) is 6.19. The van der Waals surface area contributed by atoms with Gasteiger partial charge in [-0.2, -0.15) is 0 Å². The Morgan fingerprint density at radius 1 is 1.25 bits per heavy atom. The van der Waals surface area contributed by atoms with Gasteiger partial charge in [0, 0.05) is 29.0 Å². The number of halogens is 2. The Bertz CT molecular complexity index is 749. The fraction of sp³-hybridized carbons (Fsp3) is 0.133. The van der Waals surface area contributed by atoms with Gasteiger partial charge in [-0.1, -0.05) is 35.3 Å². The summed E-state index contributed by atoms with van der Waals surface area (Å²) in [5, 5.41) is 5.73. The summed E-state index contributed by atoms with van der Waals surface area (Å²) in [6, 6.07) is 10.1. The Labute approximate surface area is 131 Å². The molecule has 1 unspecified atom stereocenters. The normalized spacial score (nSPS) is 12.6. The quantitative estimate of drug-likeness (QED) is 0.661. The van der Waals surface area contributed by atoms with Crippen LogP contribution in [0.2, 0.25) is 8.67 Å². The van der Waals surface area contributed by atoms with Crippen LogP contribution in [0.25, 0.3) is 10.8 Å². The number of fused-ring (bicyclic) bond motifs is 1. The van der Waals surface area contributed by atoms with E-state index in [0.717, 1.165) is 26.4 Å². The van der Waals surface area contributed by atoms with E-state index >= 15 is 0 Å². The summed E-state index contributed by atoms with van der Waals surface area (Å²) in [6.45, 7) is 2.07. The molecule has 0 fully saturated rings. The number of aromatic nitrogens is 1. The van der Waals surface area contributed by atoms with Gasteiger partial charge in [0.1, 0.15) is 0 Å². The number of pyridine rings is 1. The zero-order chi connectivity index (χ0) is 14.1. The Balaban J connectivity index is 1.95. The zero-order valence-corrected chi connectivity index (χ0v) is 13.1.